The second kappa shape index (κ2) is 10.9. The summed E-state index contributed by atoms with van der Waals surface area (Å²) in [5.74, 6) is 2.02. The summed E-state index contributed by atoms with van der Waals surface area (Å²) < 4.78 is 32.4. The molecular weight excluding hydrogens is 489 g/mol. The number of ether oxygens (including phenoxy) is 3. The number of carbonyl (C=O) groups is 1. The van der Waals surface area contributed by atoms with Crippen molar-refractivity contribution in [2.24, 2.45) is 0 Å². The van der Waals surface area contributed by atoms with E-state index in [0.29, 0.717) is 45.4 Å². The summed E-state index contributed by atoms with van der Waals surface area (Å²) in [5.41, 5.74) is 1.68. The number of nitrogens with zero attached hydrogens (tertiary/aromatic N) is 1. The highest BCUT2D eigenvalue weighted by Gasteiger charge is 2.25. The summed E-state index contributed by atoms with van der Waals surface area (Å²) in [6, 6.07) is 15.9. The van der Waals surface area contributed by atoms with Crippen LogP contribution in [0.5, 0.6) is 23.0 Å². The predicted octanol–water partition coefficient (Wildman–Crippen LogP) is 7.16. The second-order valence-corrected chi connectivity index (χ2v) is 10.4. The van der Waals surface area contributed by atoms with E-state index in [2.05, 4.69) is 4.90 Å². The molecule has 2 heterocycles. The lowest BCUT2D eigenvalue weighted by Crippen LogP contribution is -2.25. The van der Waals surface area contributed by atoms with Crippen LogP contribution >= 0.6 is 11.3 Å². The molecular formula is C30H30FNO4S. The lowest BCUT2D eigenvalue weighted by molar-refractivity contribution is 0.103. The minimum atomic E-state index is -0.355. The molecule has 1 fully saturated rings. The quantitative estimate of drug-likeness (QED) is 0.220. The zero-order valence-corrected chi connectivity index (χ0v) is 22.1. The number of thiophene rings is 1. The molecule has 0 bridgehead atoms. The van der Waals surface area contributed by atoms with Crippen molar-refractivity contribution in [3.63, 3.8) is 0 Å². The van der Waals surface area contributed by atoms with Crippen molar-refractivity contribution in [1.29, 1.82) is 0 Å². The van der Waals surface area contributed by atoms with Gasteiger partial charge in [-0.15, -0.1) is 11.3 Å². The van der Waals surface area contributed by atoms with Crippen molar-refractivity contribution < 1.29 is 23.4 Å². The molecule has 7 heteroatoms. The summed E-state index contributed by atoms with van der Waals surface area (Å²) >= 11 is 1.35. The Bertz CT molecular complexity index is 1400. The molecule has 0 spiro atoms. The Hall–Kier alpha value is -3.42. The number of benzene rings is 3. The van der Waals surface area contributed by atoms with E-state index >= 15 is 0 Å². The number of rotatable bonds is 9. The highest BCUT2D eigenvalue weighted by Crippen LogP contribution is 2.43. The smallest absolute Gasteiger partial charge is 0.207 e. The molecule has 5 rings (SSSR count). The van der Waals surface area contributed by atoms with Crippen LogP contribution < -0.4 is 14.2 Å². The van der Waals surface area contributed by atoms with Gasteiger partial charge in [0.05, 0.1) is 7.11 Å². The molecule has 0 saturated carbocycles. The van der Waals surface area contributed by atoms with E-state index in [9.17, 15) is 9.18 Å². The van der Waals surface area contributed by atoms with Gasteiger partial charge >= 0.3 is 0 Å². The van der Waals surface area contributed by atoms with Gasteiger partial charge in [-0.3, -0.25) is 9.69 Å². The third-order valence-electron chi connectivity index (χ3n) is 6.70. The Kier molecular flexibility index (Phi) is 7.44. The van der Waals surface area contributed by atoms with Gasteiger partial charge in [-0.2, -0.15) is 0 Å². The highest BCUT2D eigenvalue weighted by atomic mass is 32.1. The van der Waals surface area contributed by atoms with Crippen LogP contribution in [0.1, 0.15) is 39.2 Å². The Balaban J connectivity index is 1.43. The molecule has 0 atom stereocenters. The van der Waals surface area contributed by atoms with Gasteiger partial charge in [-0.1, -0.05) is 0 Å². The molecule has 1 aromatic heterocycles. The Labute approximate surface area is 220 Å². The van der Waals surface area contributed by atoms with Crippen molar-refractivity contribution in [3.05, 3.63) is 82.0 Å². The van der Waals surface area contributed by atoms with Crippen molar-refractivity contribution in [1.82, 2.24) is 4.90 Å². The van der Waals surface area contributed by atoms with Crippen LogP contribution in [0.2, 0.25) is 0 Å². The molecule has 0 aliphatic carbocycles. The zero-order chi connectivity index (χ0) is 25.9. The highest BCUT2D eigenvalue weighted by molar-refractivity contribution is 7.21. The lowest BCUT2D eigenvalue weighted by Gasteiger charge is -2.15. The SMILES string of the molecule is COc1ccc2c(Oc3ccc(OCCN4CCCC4)cc3)c(C(=O)c3c(C)cc(F)cc3C)sc2c1. The van der Waals surface area contributed by atoms with Crippen molar-refractivity contribution >= 4 is 27.2 Å². The molecule has 0 unspecified atom stereocenters. The third kappa shape index (κ3) is 5.48. The van der Waals surface area contributed by atoms with E-state index in [1.807, 2.05) is 42.5 Å². The minimum absolute atomic E-state index is 0.188. The normalized spacial score (nSPS) is 13.7. The molecule has 0 radical (unpaired) electrons. The topological polar surface area (TPSA) is 48.0 Å². The molecule has 5 nitrogen and oxygen atoms in total. The fraction of sp³-hybridized carbons (Fsp3) is 0.300. The largest absolute Gasteiger partial charge is 0.497 e. The number of fused-ring (bicyclic) bond motifs is 1. The van der Waals surface area contributed by atoms with Crippen LogP contribution in [0.3, 0.4) is 0 Å². The van der Waals surface area contributed by atoms with Crippen molar-refractivity contribution in [2.45, 2.75) is 26.7 Å². The Morgan fingerprint density at radius 3 is 2.27 bits per heavy atom. The summed E-state index contributed by atoms with van der Waals surface area (Å²) in [6.45, 7) is 7.37. The van der Waals surface area contributed by atoms with Crippen LogP contribution in [0, 0.1) is 19.7 Å². The van der Waals surface area contributed by atoms with Crippen LogP contribution in [-0.2, 0) is 0 Å². The van der Waals surface area contributed by atoms with Crippen molar-refractivity contribution in [2.75, 3.05) is 33.4 Å². The molecule has 1 aliphatic rings. The molecule has 192 valence electrons. The van der Waals surface area contributed by atoms with E-state index in [4.69, 9.17) is 14.2 Å². The average Bonchev–Trinajstić information content (AvgIpc) is 3.52. The fourth-order valence-corrected chi connectivity index (χ4v) is 5.94. The van der Waals surface area contributed by atoms with Gasteiger partial charge in [0.1, 0.15) is 34.5 Å². The molecule has 0 N–H and O–H groups in total. The monoisotopic (exact) mass is 519 g/mol. The number of hydrogen-bond acceptors (Lipinski definition) is 6. The van der Waals surface area contributed by atoms with E-state index in [-0.39, 0.29) is 11.6 Å². The summed E-state index contributed by atoms with van der Waals surface area (Å²) in [5, 5.41) is 0.817. The first-order valence-corrected chi connectivity index (χ1v) is 13.3. The molecule has 1 aliphatic heterocycles. The molecule has 1 saturated heterocycles. The number of ketones is 1. The standard InChI is InChI=1S/C30H30FNO4S/c1-19-16-21(31)17-20(2)27(19)28(33)30-29(25-11-10-24(34-3)18-26(25)37-30)36-23-8-6-22(7-9-23)35-15-14-32-12-4-5-13-32/h6-11,16-18H,4-5,12-15H2,1-3H3. The molecule has 37 heavy (non-hydrogen) atoms. The number of likely N-dealkylation sites (tertiary alicyclic amines) is 1. The van der Waals surface area contributed by atoms with Gasteiger partial charge in [0.15, 0.2) is 5.75 Å². The molecule has 0 amide bonds. The summed E-state index contributed by atoms with van der Waals surface area (Å²) in [7, 11) is 1.61. The van der Waals surface area contributed by atoms with E-state index in [1.165, 1.54) is 36.3 Å². The van der Waals surface area contributed by atoms with Gasteiger partial charge in [0, 0.05) is 22.2 Å². The molecule has 3 aromatic carbocycles. The maximum absolute atomic E-state index is 13.9. The lowest BCUT2D eigenvalue weighted by atomic mass is 9.97. The minimum Gasteiger partial charge on any atom is -0.497 e. The van der Waals surface area contributed by atoms with Crippen LogP contribution in [-0.4, -0.2) is 44.0 Å². The number of hydrogen-bond donors (Lipinski definition) is 0. The number of methoxy groups -OCH3 is 1. The fourth-order valence-electron chi connectivity index (χ4n) is 4.83. The third-order valence-corrected chi connectivity index (χ3v) is 7.83. The summed E-state index contributed by atoms with van der Waals surface area (Å²) in [6.07, 6.45) is 2.53. The Morgan fingerprint density at radius 2 is 1.59 bits per heavy atom. The zero-order valence-electron chi connectivity index (χ0n) is 21.3. The van der Waals surface area contributed by atoms with Gasteiger partial charge < -0.3 is 14.2 Å². The first-order chi connectivity index (χ1) is 17.9. The Morgan fingerprint density at radius 1 is 0.946 bits per heavy atom. The number of halogens is 1. The van der Waals surface area contributed by atoms with Gasteiger partial charge in [0.2, 0.25) is 5.78 Å². The maximum atomic E-state index is 13.9. The average molecular weight is 520 g/mol. The van der Waals surface area contributed by atoms with Gasteiger partial charge in [0.25, 0.3) is 0 Å². The van der Waals surface area contributed by atoms with Crippen LogP contribution in [0.25, 0.3) is 10.1 Å². The van der Waals surface area contributed by atoms with E-state index in [1.54, 1.807) is 21.0 Å². The maximum Gasteiger partial charge on any atom is 0.207 e. The van der Waals surface area contributed by atoms with Crippen LogP contribution in [0.15, 0.2) is 54.6 Å². The first kappa shape index (κ1) is 25.2. The van der Waals surface area contributed by atoms with E-state index in [0.717, 1.165) is 35.5 Å². The van der Waals surface area contributed by atoms with Crippen molar-refractivity contribution in [3.8, 4) is 23.0 Å². The second-order valence-electron chi connectivity index (χ2n) is 9.34. The molecule has 4 aromatic rings. The van der Waals surface area contributed by atoms with Gasteiger partial charge in [-0.25, -0.2) is 4.39 Å². The number of carbonyl (C=O) groups excluding carboxylic acids is 1. The van der Waals surface area contributed by atoms with E-state index < -0.39 is 0 Å². The number of aryl methyl sites for hydroxylation is 2. The van der Waals surface area contributed by atoms with Crippen LogP contribution in [0.4, 0.5) is 4.39 Å². The van der Waals surface area contributed by atoms with Gasteiger partial charge in [-0.05, 0) is 106 Å². The first-order valence-electron chi connectivity index (χ1n) is 12.5. The summed E-state index contributed by atoms with van der Waals surface area (Å²) in [4.78, 5) is 16.6. The predicted molar refractivity (Wildman–Crippen MR) is 145 cm³/mol.